The summed E-state index contributed by atoms with van der Waals surface area (Å²) in [5, 5.41) is 10.1. The molecule has 1 aliphatic rings. The molecule has 0 saturated carbocycles. The van der Waals surface area contributed by atoms with Gasteiger partial charge in [-0.25, -0.2) is 0 Å². The van der Waals surface area contributed by atoms with Crippen molar-refractivity contribution in [3.8, 4) is 0 Å². The zero-order valence-corrected chi connectivity index (χ0v) is 8.51. The van der Waals surface area contributed by atoms with Crippen LogP contribution in [0.5, 0.6) is 0 Å². The molecule has 1 heterocycles. The second-order valence-electron chi connectivity index (χ2n) is 3.57. The molecular formula is C11H17N3. The average Bonchev–Trinajstić information content (AvgIpc) is 2.60. The van der Waals surface area contributed by atoms with Crippen LogP contribution < -0.4 is 16.0 Å². The Kier molecular flexibility index (Phi) is 2.89. The quantitative estimate of drug-likeness (QED) is 0.638. The van der Waals surface area contributed by atoms with E-state index in [0.717, 1.165) is 6.54 Å². The lowest BCUT2D eigenvalue weighted by Crippen LogP contribution is -2.39. The maximum Gasteiger partial charge on any atom is 0.153 e. The third kappa shape index (κ3) is 1.99. The number of rotatable bonds is 4. The van der Waals surface area contributed by atoms with Crippen LogP contribution in [-0.4, -0.2) is 12.8 Å². The minimum atomic E-state index is 0.193. The van der Waals surface area contributed by atoms with E-state index < -0.39 is 0 Å². The van der Waals surface area contributed by atoms with Crippen molar-refractivity contribution in [1.29, 1.82) is 0 Å². The fourth-order valence-electron chi connectivity index (χ4n) is 1.61. The molecule has 3 N–H and O–H groups in total. The van der Waals surface area contributed by atoms with Gasteiger partial charge in [-0.15, -0.1) is 0 Å². The van der Waals surface area contributed by atoms with Crippen molar-refractivity contribution in [1.82, 2.24) is 5.32 Å². The van der Waals surface area contributed by atoms with Crippen LogP contribution in [0.15, 0.2) is 24.3 Å². The van der Waals surface area contributed by atoms with Gasteiger partial charge in [0.05, 0.1) is 11.4 Å². The third-order valence-electron chi connectivity index (χ3n) is 2.41. The van der Waals surface area contributed by atoms with Crippen molar-refractivity contribution in [3.05, 3.63) is 24.3 Å². The van der Waals surface area contributed by atoms with Crippen LogP contribution in [0.25, 0.3) is 0 Å². The second kappa shape index (κ2) is 4.33. The largest absolute Gasteiger partial charge is 0.351 e. The zero-order valence-electron chi connectivity index (χ0n) is 8.51. The lowest BCUT2D eigenvalue weighted by Gasteiger charge is -2.13. The van der Waals surface area contributed by atoms with Crippen molar-refractivity contribution in [2.24, 2.45) is 0 Å². The fourth-order valence-corrected chi connectivity index (χ4v) is 1.61. The van der Waals surface area contributed by atoms with Gasteiger partial charge in [-0.05, 0) is 25.1 Å². The molecule has 0 bridgehead atoms. The van der Waals surface area contributed by atoms with Crippen molar-refractivity contribution in [3.63, 3.8) is 0 Å². The van der Waals surface area contributed by atoms with E-state index in [1.165, 1.54) is 24.2 Å². The molecule has 3 heteroatoms. The van der Waals surface area contributed by atoms with Crippen molar-refractivity contribution < 1.29 is 0 Å². The van der Waals surface area contributed by atoms with Crippen LogP contribution in [0, 0.1) is 0 Å². The predicted molar refractivity (Wildman–Crippen MR) is 60.4 cm³/mol. The van der Waals surface area contributed by atoms with Crippen LogP contribution in [0.4, 0.5) is 11.4 Å². The minimum absolute atomic E-state index is 0.193. The van der Waals surface area contributed by atoms with E-state index in [9.17, 15) is 0 Å². The summed E-state index contributed by atoms with van der Waals surface area (Å²) in [7, 11) is 0. The minimum Gasteiger partial charge on any atom is -0.351 e. The number of nitrogens with one attached hydrogen (secondary N) is 3. The Balaban J connectivity index is 1.86. The molecule has 0 spiro atoms. The molecule has 0 radical (unpaired) electrons. The molecule has 3 nitrogen and oxygen atoms in total. The van der Waals surface area contributed by atoms with Gasteiger partial charge in [-0.3, -0.25) is 5.32 Å². The highest BCUT2D eigenvalue weighted by Gasteiger charge is 2.16. The highest BCUT2D eigenvalue weighted by molar-refractivity contribution is 5.73. The van der Waals surface area contributed by atoms with Crippen LogP contribution in [-0.2, 0) is 0 Å². The van der Waals surface area contributed by atoms with Crippen LogP contribution >= 0.6 is 0 Å². The van der Waals surface area contributed by atoms with E-state index >= 15 is 0 Å². The smallest absolute Gasteiger partial charge is 0.153 e. The molecule has 1 aromatic rings. The fraction of sp³-hybridized carbons (Fsp3) is 0.455. The molecule has 0 unspecified atom stereocenters. The van der Waals surface area contributed by atoms with Gasteiger partial charge in [0.2, 0.25) is 0 Å². The van der Waals surface area contributed by atoms with E-state index in [4.69, 9.17) is 0 Å². The molecule has 0 fully saturated rings. The Morgan fingerprint density at radius 1 is 1.21 bits per heavy atom. The normalized spacial score (nSPS) is 14.6. The highest BCUT2D eigenvalue weighted by atomic mass is 15.3. The first-order valence-corrected chi connectivity index (χ1v) is 5.25. The number of fused-ring (bicyclic) bond motifs is 1. The van der Waals surface area contributed by atoms with Crippen LogP contribution in [0.1, 0.15) is 19.8 Å². The number of para-hydroxylation sites is 2. The number of unbranched alkanes of at least 4 members (excludes halogenated alkanes) is 1. The lowest BCUT2D eigenvalue weighted by molar-refractivity contribution is 0.593. The summed E-state index contributed by atoms with van der Waals surface area (Å²) in [6.45, 7) is 3.25. The third-order valence-corrected chi connectivity index (χ3v) is 2.41. The van der Waals surface area contributed by atoms with Gasteiger partial charge in [-0.1, -0.05) is 25.5 Å². The van der Waals surface area contributed by atoms with E-state index in [2.05, 4.69) is 35.0 Å². The molecule has 1 aromatic carbocycles. The van der Waals surface area contributed by atoms with Crippen molar-refractivity contribution >= 4 is 11.4 Å². The lowest BCUT2D eigenvalue weighted by atomic mass is 10.3. The van der Waals surface area contributed by atoms with Gasteiger partial charge in [0.25, 0.3) is 0 Å². The van der Waals surface area contributed by atoms with Gasteiger partial charge in [0, 0.05) is 0 Å². The monoisotopic (exact) mass is 191 g/mol. The first-order valence-electron chi connectivity index (χ1n) is 5.25. The Bertz CT molecular complexity index is 273. The standard InChI is InChI=1S/C11H17N3/c1-2-3-8-12-11-13-9-6-4-5-7-10(9)14-11/h4-7,11-14H,2-3,8H2,1H3. The molecule has 76 valence electrons. The Morgan fingerprint density at radius 3 is 2.43 bits per heavy atom. The second-order valence-corrected chi connectivity index (χ2v) is 3.57. The molecule has 0 aliphatic carbocycles. The van der Waals surface area contributed by atoms with Gasteiger partial charge in [-0.2, -0.15) is 0 Å². The average molecular weight is 191 g/mol. The van der Waals surface area contributed by atoms with Crippen LogP contribution in [0.3, 0.4) is 0 Å². The predicted octanol–water partition coefficient (Wildman–Crippen LogP) is 2.20. The molecule has 14 heavy (non-hydrogen) atoms. The molecular weight excluding hydrogens is 174 g/mol. The van der Waals surface area contributed by atoms with Crippen molar-refractivity contribution in [2.45, 2.75) is 26.1 Å². The van der Waals surface area contributed by atoms with E-state index in [1.807, 2.05) is 12.1 Å². The van der Waals surface area contributed by atoms with Crippen LogP contribution in [0.2, 0.25) is 0 Å². The van der Waals surface area contributed by atoms with Gasteiger partial charge < -0.3 is 10.6 Å². The summed E-state index contributed by atoms with van der Waals surface area (Å²) in [6.07, 6.45) is 2.64. The number of anilines is 2. The molecule has 0 amide bonds. The topological polar surface area (TPSA) is 36.1 Å². The molecule has 1 aliphatic heterocycles. The summed E-state index contributed by atoms with van der Waals surface area (Å²) in [5.41, 5.74) is 2.36. The Hall–Kier alpha value is -1.22. The van der Waals surface area contributed by atoms with Gasteiger partial charge in [0.15, 0.2) is 6.29 Å². The molecule has 2 rings (SSSR count). The van der Waals surface area contributed by atoms with Gasteiger partial charge >= 0.3 is 0 Å². The first-order chi connectivity index (χ1) is 6.90. The van der Waals surface area contributed by atoms with Crippen molar-refractivity contribution in [2.75, 3.05) is 17.2 Å². The Morgan fingerprint density at radius 2 is 1.86 bits per heavy atom. The zero-order chi connectivity index (χ0) is 9.80. The molecule has 0 saturated heterocycles. The van der Waals surface area contributed by atoms with E-state index in [1.54, 1.807) is 0 Å². The summed E-state index contributed by atoms with van der Waals surface area (Å²) in [4.78, 5) is 0. The summed E-state index contributed by atoms with van der Waals surface area (Å²) < 4.78 is 0. The van der Waals surface area contributed by atoms with Gasteiger partial charge in [0.1, 0.15) is 0 Å². The van der Waals surface area contributed by atoms with E-state index in [0.29, 0.717) is 0 Å². The summed E-state index contributed by atoms with van der Waals surface area (Å²) in [6, 6.07) is 8.26. The number of benzene rings is 1. The molecule has 0 atom stereocenters. The highest BCUT2D eigenvalue weighted by Crippen LogP contribution is 2.26. The number of hydrogen-bond donors (Lipinski definition) is 3. The van der Waals surface area contributed by atoms with E-state index in [-0.39, 0.29) is 6.29 Å². The molecule has 0 aromatic heterocycles. The first kappa shape index (κ1) is 9.34. The summed E-state index contributed by atoms with van der Waals surface area (Å²) >= 11 is 0. The maximum absolute atomic E-state index is 3.41. The SMILES string of the molecule is CCCCNC1Nc2ccccc2N1. The Labute approximate surface area is 84.9 Å². The number of hydrogen-bond acceptors (Lipinski definition) is 3. The maximum atomic E-state index is 3.41. The summed E-state index contributed by atoms with van der Waals surface area (Å²) in [5.74, 6) is 0.